The molecule has 3 N–H and O–H groups in total. The fourth-order valence-electron chi connectivity index (χ4n) is 3.54. The minimum Gasteiger partial charge on any atom is -0.464 e. The first kappa shape index (κ1) is 20.0. The summed E-state index contributed by atoms with van der Waals surface area (Å²) in [4.78, 5) is 4.39. The van der Waals surface area contributed by atoms with Gasteiger partial charge in [-0.05, 0) is 67.6 Å². The number of fused-ring (bicyclic) bond motifs is 1. The number of benzene rings is 2. The molecule has 5 rings (SSSR count). The summed E-state index contributed by atoms with van der Waals surface area (Å²) in [6.07, 6.45) is 3.35. The summed E-state index contributed by atoms with van der Waals surface area (Å²) in [7, 11) is -3.79. The molecule has 0 saturated heterocycles. The number of nitrogens with one attached hydrogen (secondary N) is 1. The van der Waals surface area contributed by atoms with Gasteiger partial charge in [-0.1, -0.05) is 6.07 Å². The maximum atomic E-state index is 11.6. The Morgan fingerprint density at radius 2 is 1.91 bits per heavy atom. The molecule has 160 valence electrons. The van der Waals surface area contributed by atoms with Crippen LogP contribution in [-0.4, -0.2) is 23.2 Å². The van der Waals surface area contributed by atoms with Crippen molar-refractivity contribution in [3.05, 3.63) is 84.9 Å². The number of anilines is 2. The molecule has 0 atom stereocenters. The van der Waals surface area contributed by atoms with Gasteiger partial charge in [0, 0.05) is 22.8 Å². The molecule has 0 radical (unpaired) electrons. The van der Waals surface area contributed by atoms with E-state index in [9.17, 15) is 8.42 Å². The number of pyridine rings is 1. The first-order chi connectivity index (χ1) is 15.4. The zero-order valence-electron chi connectivity index (χ0n) is 17.1. The van der Waals surface area contributed by atoms with Gasteiger partial charge in [-0.2, -0.15) is 5.10 Å². The van der Waals surface area contributed by atoms with E-state index in [1.807, 2.05) is 54.1 Å². The second-order valence-corrected chi connectivity index (χ2v) is 8.91. The fraction of sp³-hybridized carbons (Fsp3) is 0.0435. The molecule has 0 bridgehead atoms. The second-order valence-electron chi connectivity index (χ2n) is 7.35. The molecule has 0 spiro atoms. The van der Waals surface area contributed by atoms with E-state index in [4.69, 9.17) is 9.56 Å². The van der Waals surface area contributed by atoms with Crippen LogP contribution in [0.2, 0.25) is 0 Å². The van der Waals surface area contributed by atoms with Crippen molar-refractivity contribution >= 4 is 32.5 Å². The summed E-state index contributed by atoms with van der Waals surface area (Å²) < 4.78 is 30.6. The van der Waals surface area contributed by atoms with Crippen molar-refractivity contribution in [2.45, 2.75) is 11.8 Å². The van der Waals surface area contributed by atoms with Gasteiger partial charge in [-0.15, -0.1) is 0 Å². The van der Waals surface area contributed by atoms with E-state index in [2.05, 4.69) is 15.4 Å². The van der Waals surface area contributed by atoms with Gasteiger partial charge in [0.1, 0.15) is 11.4 Å². The summed E-state index contributed by atoms with van der Waals surface area (Å²) in [6.45, 7) is 1.94. The molecule has 2 aromatic carbocycles. The molecule has 0 aliphatic rings. The number of nitrogens with zero attached hydrogens (tertiary/aromatic N) is 3. The van der Waals surface area contributed by atoms with Crippen LogP contribution in [0, 0.1) is 6.92 Å². The summed E-state index contributed by atoms with van der Waals surface area (Å²) in [6, 6.07) is 19.9. The normalized spacial score (nSPS) is 11.7. The van der Waals surface area contributed by atoms with Crippen LogP contribution < -0.4 is 10.5 Å². The van der Waals surface area contributed by atoms with Crippen molar-refractivity contribution in [2.75, 3.05) is 5.32 Å². The third-order valence-corrected chi connectivity index (χ3v) is 5.91. The highest BCUT2D eigenvalue weighted by Crippen LogP contribution is 2.28. The Hall–Kier alpha value is -3.95. The number of hydrogen-bond acceptors (Lipinski definition) is 6. The second kappa shape index (κ2) is 7.63. The Balaban J connectivity index is 1.52. The molecule has 3 heterocycles. The van der Waals surface area contributed by atoms with Crippen LogP contribution in [0.15, 0.2) is 88.5 Å². The van der Waals surface area contributed by atoms with E-state index < -0.39 is 10.0 Å². The average molecular weight is 446 g/mol. The van der Waals surface area contributed by atoms with Crippen molar-refractivity contribution in [3.63, 3.8) is 0 Å². The summed E-state index contributed by atoms with van der Waals surface area (Å²) in [5.41, 5.74) is 4.97. The molecule has 32 heavy (non-hydrogen) atoms. The van der Waals surface area contributed by atoms with E-state index in [0.29, 0.717) is 11.5 Å². The fourth-order valence-corrected chi connectivity index (χ4v) is 4.10. The Labute approximate surface area is 184 Å². The SMILES string of the molecule is Cc1cc(-c2ccnc(Nc3cccc(S(N)(=O)=O)c3)c2)n(-c2ccc3occc3c2)n1. The number of rotatable bonds is 5. The van der Waals surface area contributed by atoms with Crippen molar-refractivity contribution in [3.8, 4) is 16.9 Å². The van der Waals surface area contributed by atoms with Gasteiger partial charge in [0.25, 0.3) is 0 Å². The first-order valence-corrected chi connectivity index (χ1v) is 11.3. The molecule has 0 amide bonds. The van der Waals surface area contributed by atoms with Gasteiger partial charge < -0.3 is 9.73 Å². The number of furan rings is 1. The van der Waals surface area contributed by atoms with Crippen molar-refractivity contribution < 1.29 is 12.8 Å². The Morgan fingerprint density at radius 3 is 2.75 bits per heavy atom. The van der Waals surface area contributed by atoms with E-state index in [0.717, 1.165) is 33.6 Å². The predicted octanol–water partition coefficient (Wildman–Crippen LogP) is 4.38. The van der Waals surface area contributed by atoms with Gasteiger partial charge in [0.05, 0.1) is 28.2 Å². The minimum atomic E-state index is -3.79. The van der Waals surface area contributed by atoms with Gasteiger partial charge in [-0.3, -0.25) is 0 Å². The largest absolute Gasteiger partial charge is 0.464 e. The van der Waals surface area contributed by atoms with Crippen molar-refractivity contribution in [2.24, 2.45) is 5.14 Å². The van der Waals surface area contributed by atoms with Crippen molar-refractivity contribution in [1.82, 2.24) is 14.8 Å². The Kier molecular flexibility index (Phi) is 4.76. The lowest BCUT2D eigenvalue weighted by atomic mass is 10.1. The quantitative estimate of drug-likeness (QED) is 0.415. The van der Waals surface area contributed by atoms with Gasteiger partial charge in [0.2, 0.25) is 10.0 Å². The van der Waals surface area contributed by atoms with E-state index >= 15 is 0 Å². The molecule has 0 saturated carbocycles. The van der Waals surface area contributed by atoms with Crippen LogP contribution in [0.1, 0.15) is 5.69 Å². The number of aromatic nitrogens is 3. The highest BCUT2D eigenvalue weighted by atomic mass is 32.2. The van der Waals surface area contributed by atoms with E-state index in [1.165, 1.54) is 12.1 Å². The number of primary sulfonamides is 1. The molecular weight excluding hydrogens is 426 g/mol. The molecule has 9 heteroatoms. The molecule has 3 aromatic heterocycles. The van der Waals surface area contributed by atoms with Crippen LogP contribution in [-0.2, 0) is 10.0 Å². The van der Waals surface area contributed by atoms with Crippen LogP contribution in [0.5, 0.6) is 0 Å². The molecule has 0 aliphatic carbocycles. The Morgan fingerprint density at radius 1 is 1.03 bits per heavy atom. The molecule has 5 aromatic rings. The smallest absolute Gasteiger partial charge is 0.238 e. The molecular formula is C23H19N5O3S. The monoisotopic (exact) mass is 445 g/mol. The lowest BCUT2D eigenvalue weighted by Gasteiger charge is -2.11. The number of hydrogen-bond donors (Lipinski definition) is 2. The number of nitrogens with two attached hydrogens (primary N) is 1. The average Bonchev–Trinajstić information content (AvgIpc) is 3.39. The van der Waals surface area contributed by atoms with E-state index in [1.54, 1.807) is 24.6 Å². The third kappa shape index (κ3) is 3.86. The van der Waals surface area contributed by atoms with Crippen molar-refractivity contribution in [1.29, 1.82) is 0 Å². The highest BCUT2D eigenvalue weighted by molar-refractivity contribution is 7.89. The summed E-state index contributed by atoms with van der Waals surface area (Å²) >= 11 is 0. The first-order valence-electron chi connectivity index (χ1n) is 9.77. The highest BCUT2D eigenvalue weighted by Gasteiger charge is 2.13. The van der Waals surface area contributed by atoms with Gasteiger partial charge in [0.15, 0.2) is 0 Å². The minimum absolute atomic E-state index is 0.0296. The van der Waals surface area contributed by atoms with Crippen LogP contribution in [0.4, 0.5) is 11.5 Å². The maximum absolute atomic E-state index is 11.6. The lowest BCUT2D eigenvalue weighted by molar-refractivity contribution is 0.598. The number of sulfonamides is 1. The zero-order chi connectivity index (χ0) is 22.3. The predicted molar refractivity (Wildman–Crippen MR) is 122 cm³/mol. The van der Waals surface area contributed by atoms with Gasteiger partial charge >= 0.3 is 0 Å². The van der Waals surface area contributed by atoms with Crippen LogP contribution in [0.3, 0.4) is 0 Å². The van der Waals surface area contributed by atoms with Crippen LogP contribution >= 0.6 is 0 Å². The molecule has 0 unspecified atom stereocenters. The summed E-state index contributed by atoms with van der Waals surface area (Å²) in [5, 5.41) is 14.0. The van der Waals surface area contributed by atoms with Gasteiger partial charge in [-0.25, -0.2) is 23.2 Å². The lowest BCUT2D eigenvalue weighted by Crippen LogP contribution is -2.12. The zero-order valence-corrected chi connectivity index (χ0v) is 17.9. The topological polar surface area (TPSA) is 116 Å². The molecule has 0 fully saturated rings. The summed E-state index contributed by atoms with van der Waals surface area (Å²) in [5.74, 6) is 0.560. The molecule has 0 aliphatic heterocycles. The Bertz CT molecular complexity index is 1550. The standard InChI is InChI=1S/C23H19N5O3S/c1-15-11-21(28(27-15)19-5-6-22-17(12-19)8-10-31-22)16-7-9-25-23(13-16)26-18-3-2-4-20(14-18)32(24,29)30/h2-14H,1H3,(H,25,26)(H2,24,29,30). The third-order valence-electron chi connectivity index (χ3n) is 5.00. The molecule has 8 nitrogen and oxygen atoms in total. The number of aryl methyl sites for hydroxylation is 1. The van der Waals surface area contributed by atoms with E-state index in [-0.39, 0.29) is 4.90 Å². The maximum Gasteiger partial charge on any atom is 0.238 e. The van der Waals surface area contributed by atoms with Crippen LogP contribution in [0.25, 0.3) is 27.9 Å².